The van der Waals surface area contributed by atoms with Crippen molar-refractivity contribution < 1.29 is 31.1 Å². The van der Waals surface area contributed by atoms with E-state index in [0.29, 0.717) is 18.8 Å². The minimum Gasteiger partial charge on any atom is -0.454 e. The number of ether oxygens (including phenoxy) is 1. The molecule has 1 N–H and O–H groups in total. The molecule has 0 aliphatic carbocycles. The highest BCUT2D eigenvalue weighted by molar-refractivity contribution is 5.12. The molecule has 0 aliphatic heterocycles. The zero-order chi connectivity index (χ0) is 15.4. The Morgan fingerprint density at radius 3 is 2.10 bits per heavy atom. The molecule has 0 aliphatic rings. The molecule has 0 spiro atoms. The van der Waals surface area contributed by atoms with Gasteiger partial charge in [-0.25, -0.2) is 0 Å². The third kappa shape index (κ3) is 4.83. The molecule has 0 saturated heterocycles. The van der Waals surface area contributed by atoms with E-state index in [9.17, 15) is 26.3 Å². The molecule has 0 bridgehead atoms. The summed E-state index contributed by atoms with van der Waals surface area (Å²) in [4.78, 5) is 0. The Labute approximate surface area is 110 Å². The van der Waals surface area contributed by atoms with Crippen LogP contribution >= 0.6 is 0 Å². The molecule has 0 atom stereocenters. The van der Waals surface area contributed by atoms with Gasteiger partial charge in [0.1, 0.15) is 0 Å². The Morgan fingerprint density at radius 2 is 1.70 bits per heavy atom. The van der Waals surface area contributed by atoms with Crippen LogP contribution in [0.25, 0.3) is 0 Å². The number of nitrogens with one attached hydrogen (secondary N) is 1. The van der Waals surface area contributed by atoms with Gasteiger partial charge in [-0.3, -0.25) is 0 Å². The summed E-state index contributed by atoms with van der Waals surface area (Å²) in [5.74, 6) is -0.843. The second-order valence-corrected chi connectivity index (χ2v) is 3.72. The molecule has 0 fully saturated rings. The Bertz CT molecular complexity index is 402. The molecule has 1 heterocycles. The summed E-state index contributed by atoms with van der Waals surface area (Å²) in [6.45, 7) is 2.75. The van der Waals surface area contributed by atoms with Crippen LogP contribution in [0.5, 0.6) is 5.88 Å². The molecule has 114 valence electrons. The highest BCUT2D eigenvalue weighted by Gasteiger charge is 2.59. The molecular formula is C10H11F6N3O. The fourth-order valence-corrected chi connectivity index (χ4v) is 1.20. The molecule has 0 amide bonds. The van der Waals surface area contributed by atoms with Crippen molar-refractivity contribution in [2.45, 2.75) is 31.9 Å². The van der Waals surface area contributed by atoms with Gasteiger partial charge in [0.25, 0.3) is 6.10 Å². The standard InChI is InChI=1S/C10H11F6N3O/c1-2-17-5-6-3-4-7(19-18-6)20-8(9(11,12)13)10(14,15)16/h3-4,8,17H,2,5H2,1H3. The Kier molecular flexibility index (Phi) is 5.15. The van der Waals surface area contributed by atoms with Gasteiger partial charge in [-0.15, -0.1) is 5.10 Å². The van der Waals surface area contributed by atoms with Crippen molar-refractivity contribution in [2.75, 3.05) is 6.54 Å². The van der Waals surface area contributed by atoms with E-state index in [1.165, 1.54) is 6.07 Å². The number of nitrogens with zero attached hydrogens (tertiary/aromatic N) is 2. The molecule has 1 rings (SSSR count). The lowest BCUT2D eigenvalue weighted by molar-refractivity contribution is -0.300. The number of alkyl halides is 6. The predicted molar refractivity (Wildman–Crippen MR) is 55.9 cm³/mol. The fourth-order valence-electron chi connectivity index (χ4n) is 1.20. The Hall–Kier alpha value is -1.58. The van der Waals surface area contributed by atoms with Gasteiger partial charge in [-0.1, -0.05) is 6.92 Å². The van der Waals surface area contributed by atoms with Crippen molar-refractivity contribution in [3.05, 3.63) is 17.8 Å². The summed E-state index contributed by atoms with van der Waals surface area (Å²) in [6, 6.07) is 2.14. The van der Waals surface area contributed by atoms with E-state index >= 15 is 0 Å². The quantitative estimate of drug-likeness (QED) is 0.849. The average molecular weight is 303 g/mol. The summed E-state index contributed by atoms with van der Waals surface area (Å²) >= 11 is 0. The van der Waals surface area contributed by atoms with Gasteiger partial charge >= 0.3 is 12.4 Å². The minimum atomic E-state index is -5.58. The van der Waals surface area contributed by atoms with Gasteiger partial charge in [0.15, 0.2) is 0 Å². The van der Waals surface area contributed by atoms with Crippen molar-refractivity contribution in [3.63, 3.8) is 0 Å². The molecule has 0 radical (unpaired) electrons. The van der Waals surface area contributed by atoms with E-state index in [-0.39, 0.29) is 0 Å². The van der Waals surface area contributed by atoms with E-state index < -0.39 is 24.3 Å². The molecule has 20 heavy (non-hydrogen) atoms. The van der Waals surface area contributed by atoms with Gasteiger partial charge in [-0.05, 0) is 12.6 Å². The van der Waals surface area contributed by atoms with E-state index in [1.807, 2.05) is 6.92 Å². The maximum absolute atomic E-state index is 12.2. The van der Waals surface area contributed by atoms with Crippen LogP contribution in [0.1, 0.15) is 12.6 Å². The predicted octanol–water partition coefficient (Wildman–Crippen LogP) is 2.46. The summed E-state index contributed by atoms with van der Waals surface area (Å²) in [7, 11) is 0. The summed E-state index contributed by atoms with van der Waals surface area (Å²) < 4.78 is 77.3. The van der Waals surface area contributed by atoms with Crippen LogP contribution in [0.3, 0.4) is 0 Å². The van der Waals surface area contributed by atoms with Gasteiger partial charge < -0.3 is 10.1 Å². The largest absolute Gasteiger partial charge is 0.454 e. The van der Waals surface area contributed by atoms with E-state index in [0.717, 1.165) is 6.07 Å². The lowest BCUT2D eigenvalue weighted by Gasteiger charge is -2.22. The van der Waals surface area contributed by atoms with Crippen molar-refractivity contribution in [3.8, 4) is 5.88 Å². The van der Waals surface area contributed by atoms with Crippen LogP contribution in [0.4, 0.5) is 26.3 Å². The van der Waals surface area contributed by atoms with E-state index in [4.69, 9.17) is 0 Å². The SMILES string of the molecule is CCNCc1ccc(OC(C(F)(F)F)C(F)(F)F)nn1. The van der Waals surface area contributed by atoms with Crippen LogP contribution in [0, 0.1) is 0 Å². The van der Waals surface area contributed by atoms with E-state index in [2.05, 4.69) is 20.3 Å². The zero-order valence-electron chi connectivity index (χ0n) is 10.2. The van der Waals surface area contributed by atoms with E-state index in [1.54, 1.807) is 0 Å². The van der Waals surface area contributed by atoms with Crippen LogP contribution in [-0.2, 0) is 6.54 Å². The topological polar surface area (TPSA) is 47.0 Å². The first-order valence-corrected chi connectivity index (χ1v) is 5.48. The molecule has 4 nitrogen and oxygen atoms in total. The first-order valence-electron chi connectivity index (χ1n) is 5.48. The summed E-state index contributed by atoms with van der Waals surface area (Å²) in [6.07, 6.45) is -15.1. The second-order valence-electron chi connectivity index (χ2n) is 3.72. The average Bonchev–Trinajstić information content (AvgIpc) is 2.32. The number of rotatable bonds is 5. The number of aromatic nitrogens is 2. The van der Waals surface area contributed by atoms with Crippen LogP contribution in [0.15, 0.2) is 12.1 Å². The number of hydrogen-bond acceptors (Lipinski definition) is 4. The summed E-state index contributed by atoms with van der Waals surface area (Å²) in [5, 5.41) is 9.52. The first-order chi connectivity index (χ1) is 9.14. The highest BCUT2D eigenvalue weighted by Crippen LogP contribution is 2.35. The first kappa shape index (κ1) is 16.5. The van der Waals surface area contributed by atoms with Gasteiger partial charge in [0.05, 0.1) is 5.69 Å². The second kappa shape index (κ2) is 6.25. The minimum absolute atomic E-state index is 0.297. The van der Waals surface area contributed by atoms with Gasteiger partial charge in [0.2, 0.25) is 5.88 Å². The molecular weight excluding hydrogens is 292 g/mol. The smallest absolute Gasteiger partial charge is 0.434 e. The Morgan fingerprint density at radius 1 is 1.10 bits per heavy atom. The van der Waals surface area contributed by atoms with Crippen molar-refractivity contribution in [1.82, 2.24) is 15.5 Å². The van der Waals surface area contributed by atoms with Gasteiger partial charge in [0, 0.05) is 12.6 Å². The lowest BCUT2D eigenvalue weighted by atomic mass is 10.3. The summed E-state index contributed by atoms with van der Waals surface area (Å²) in [5.41, 5.74) is 0.370. The van der Waals surface area contributed by atoms with Crippen LogP contribution in [-0.4, -0.2) is 35.2 Å². The number of hydrogen-bond donors (Lipinski definition) is 1. The molecule has 10 heteroatoms. The van der Waals surface area contributed by atoms with Crippen molar-refractivity contribution >= 4 is 0 Å². The highest BCUT2D eigenvalue weighted by atomic mass is 19.4. The maximum atomic E-state index is 12.2. The maximum Gasteiger partial charge on any atom is 0.434 e. The van der Waals surface area contributed by atoms with Gasteiger partial charge in [-0.2, -0.15) is 31.4 Å². The normalized spacial score (nSPS) is 12.8. The van der Waals surface area contributed by atoms with Crippen molar-refractivity contribution in [2.24, 2.45) is 0 Å². The fraction of sp³-hybridized carbons (Fsp3) is 0.600. The lowest BCUT2D eigenvalue weighted by Crippen LogP contribution is -2.46. The van der Waals surface area contributed by atoms with Crippen molar-refractivity contribution in [1.29, 1.82) is 0 Å². The van der Waals surface area contributed by atoms with Crippen LogP contribution < -0.4 is 10.1 Å². The zero-order valence-corrected chi connectivity index (χ0v) is 10.2. The monoisotopic (exact) mass is 303 g/mol. The Balaban J connectivity index is 2.80. The third-order valence-electron chi connectivity index (χ3n) is 2.08. The molecule has 1 aromatic heterocycles. The molecule has 0 saturated carbocycles. The molecule has 0 aromatic carbocycles. The molecule has 1 aromatic rings. The third-order valence-corrected chi connectivity index (χ3v) is 2.08. The number of halogens is 6. The van der Waals surface area contributed by atoms with Crippen LogP contribution in [0.2, 0.25) is 0 Å². The molecule has 0 unspecified atom stereocenters.